The van der Waals surface area contributed by atoms with Crippen molar-refractivity contribution >= 4 is 23.3 Å². The molecule has 1 N–H and O–H groups in total. The minimum absolute atomic E-state index is 0.0184. The average Bonchev–Trinajstić information content (AvgIpc) is 3.07. The van der Waals surface area contributed by atoms with Gasteiger partial charge in [0.1, 0.15) is 5.75 Å². The van der Waals surface area contributed by atoms with Crippen LogP contribution >= 0.6 is 11.6 Å². The van der Waals surface area contributed by atoms with Gasteiger partial charge in [0.15, 0.2) is 5.72 Å². The van der Waals surface area contributed by atoms with Gasteiger partial charge in [-0.3, -0.25) is 14.6 Å². The van der Waals surface area contributed by atoms with Crippen molar-refractivity contribution in [2.24, 2.45) is 0 Å². The topological polar surface area (TPSA) is 56.3 Å². The van der Waals surface area contributed by atoms with Crippen molar-refractivity contribution in [3.05, 3.63) is 130 Å². The van der Waals surface area contributed by atoms with E-state index in [2.05, 4.69) is 34.1 Å². The van der Waals surface area contributed by atoms with E-state index in [1.165, 1.54) is 6.07 Å². The molecule has 10 heteroatoms. The lowest BCUT2D eigenvalue weighted by molar-refractivity contribution is -0.139. The monoisotopic (exact) mass is 679 g/mol. The first-order valence-electron chi connectivity index (χ1n) is 16.1. The van der Waals surface area contributed by atoms with Gasteiger partial charge in [-0.15, -0.1) is 0 Å². The Morgan fingerprint density at radius 1 is 0.896 bits per heavy atom. The van der Waals surface area contributed by atoms with Crippen molar-refractivity contribution in [1.82, 2.24) is 9.80 Å². The fourth-order valence-electron chi connectivity index (χ4n) is 6.26. The maximum Gasteiger partial charge on any atom is 0.417 e. The fourth-order valence-corrected chi connectivity index (χ4v) is 6.55. The quantitative estimate of drug-likeness (QED) is 0.143. The summed E-state index contributed by atoms with van der Waals surface area (Å²) in [6, 6.07) is 32.0. The van der Waals surface area contributed by atoms with Gasteiger partial charge in [-0.25, -0.2) is 0 Å². The summed E-state index contributed by atoms with van der Waals surface area (Å²) in [4.78, 5) is 17.4. The number of rotatable bonds is 13. The minimum Gasteiger partial charge on any atom is -0.480 e. The molecular weight excluding hydrogens is 639 g/mol. The third kappa shape index (κ3) is 8.69. The van der Waals surface area contributed by atoms with E-state index in [-0.39, 0.29) is 24.0 Å². The Kier molecular flexibility index (Phi) is 11.3. The number of carbonyl (C=O) groups is 1. The van der Waals surface area contributed by atoms with Gasteiger partial charge in [-0.1, -0.05) is 97.4 Å². The highest BCUT2D eigenvalue weighted by molar-refractivity contribution is 6.32. The first-order chi connectivity index (χ1) is 23.0. The normalized spacial score (nSPS) is 15.5. The number of benzene rings is 4. The van der Waals surface area contributed by atoms with Crippen molar-refractivity contribution in [1.29, 1.82) is 0 Å². The lowest BCUT2D eigenvalue weighted by atomic mass is 9.89. The summed E-state index contributed by atoms with van der Waals surface area (Å²) < 4.78 is 48.6. The zero-order chi connectivity index (χ0) is 34.3. The van der Waals surface area contributed by atoms with Crippen molar-refractivity contribution in [3.8, 4) is 5.75 Å². The molecule has 48 heavy (non-hydrogen) atoms. The lowest BCUT2D eigenvalue weighted by Crippen LogP contribution is -2.51. The number of alkyl halides is 3. The second kappa shape index (κ2) is 15.4. The van der Waals surface area contributed by atoms with Crippen LogP contribution in [0.25, 0.3) is 0 Å². The molecule has 4 aromatic rings. The summed E-state index contributed by atoms with van der Waals surface area (Å²) in [5.41, 5.74) is 1.66. The fraction of sp³-hybridized carbons (Fsp3) is 0.342. The number of piperazine rings is 1. The van der Waals surface area contributed by atoms with E-state index < -0.39 is 23.4 Å². The molecule has 0 aliphatic carbocycles. The van der Waals surface area contributed by atoms with Gasteiger partial charge in [0.05, 0.1) is 17.1 Å². The zero-order valence-electron chi connectivity index (χ0n) is 27.2. The lowest BCUT2D eigenvalue weighted by Gasteiger charge is -2.43. The predicted octanol–water partition coefficient (Wildman–Crippen LogP) is 8.40. The summed E-state index contributed by atoms with van der Waals surface area (Å²) >= 11 is 6.48. The van der Waals surface area contributed by atoms with Gasteiger partial charge in [-0.2, -0.15) is 13.2 Å². The summed E-state index contributed by atoms with van der Waals surface area (Å²) in [6.45, 7) is 7.18. The minimum atomic E-state index is -4.58. The summed E-state index contributed by atoms with van der Waals surface area (Å²) in [6.07, 6.45) is -4.06. The van der Waals surface area contributed by atoms with E-state index in [0.717, 1.165) is 22.9 Å². The highest BCUT2D eigenvalue weighted by atomic mass is 35.5. The number of anilines is 1. The van der Waals surface area contributed by atoms with E-state index in [1.54, 1.807) is 6.07 Å². The number of carboxylic acids is 1. The van der Waals surface area contributed by atoms with Gasteiger partial charge >= 0.3 is 12.1 Å². The van der Waals surface area contributed by atoms with Crippen molar-refractivity contribution in [2.45, 2.75) is 44.6 Å². The molecule has 0 unspecified atom stereocenters. The largest absolute Gasteiger partial charge is 0.480 e. The van der Waals surface area contributed by atoms with Crippen LogP contribution in [0.15, 0.2) is 103 Å². The molecule has 0 aromatic heterocycles. The second-order valence-electron chi connectivity index (χ2n) is 12.3. The Morgan fingerprint density at radius 3 is 2.06 bits per heavy atom. The molecule has 0 bridgehead atoms. The van der Waals surface area contributed by atoms with E-state index >= 15 is 0 Å². The van der Waals surface area contributed by atoms with Gasteiger partial charge in [0, 0.05) is 56.9 Å². The summed E-state index contributed by atoms with van der Waals surface area (Å²) in [7, 11) is 0. The van der Waals surface area contributed by atoms with Crippen LogP contribution in [-0.2, 0) is 17.5 Å². The highest BCUT2D eigenvalue weighted by Gasteiger charge is 2.38. The molecule has 1 atom stereocenters. The van der Waals surface area contributed by atoms with Crippen LogP contribution in [0.1, 0.15) is 48.4 Å². The number of carboxylic acid groups (broad SMARTS) is 1. The smallest absolute Gasteiger partial charge is 0.417 e. The molecule has 0 amide bonds. The van der Waals surface area contributed by atoms with Crippen LogP contribution in [0.3, 0.4) is 0 Å². The summed E-state index contributed by atoms with van der Waals surface area (Å²) in [5, 5.41) is 8.86. The SMILES string of the molecule is CC[C@@](C)(Oc1cccc(N2CCN(CC(=O)O)CC2)c1)N(Cc1cccc(C(F)(F)F)c1Cl)CC(c1ccccc1)c1ccccc1. The first kappa shape index (κ1) is 35.3. The van der Waals surface area contributed by atoms with Crippen LogP contribution in [-0.4, -0.2) is 65.9 Å². The highest BCUT2D eigenvalue weighted by Crippen LogP contribution is 2.39. The van der Waals surface area contributed by atoms with Gasteiger partial charge < -0.3 is 14.7 Å². The Bertz CT molecular complexity index is 1610. The number of nitrogens with zero attached hydrogens (tertiary/aromatic N) is 3. The molecule has 5 rings (SSSR count). The molecule has 1 aliphatic heterocycles. The van der Waals surface area contributed by atoms with E-state index in [9.17, 15) is 18.0 Å². The Labute approximate surface area is 285 Å². The van der Waals surface area contributed by atoms with Crippen LogP contribution < -0.4 is 9.64 Å². The second-order valence-corrected chi connectivity index (χ2v) is 12.7. The van der Waals surface area contributed by atoms with E-state index in [0.29, 0.717) is 50.5 Å². The van der Waals surface area contributed by atoms with Crippen LogP contribution in [0, 0.1) is 0 Å². The van der Waals surface area contributed by atoms with E-state index in [4.69, 9.17) is 21.4 Å². The number of ether oxygens (including phenoxy) is 1. The molecule has 1 heterocycles. The molecule has 4 aromatic carbocycles. The molecule has 6 nitrogen and oxygen atoms in total. The predicted molar refractivity (Wildman–Crippen MR) is 184 cm³/mol. The van der Waals surface area contributed by atoms with Crippen molar-refractivity contribution in [2.75, 3.05) is 44.2 Å². The summed E-state index contributed by atoms with van der Waals surface area (Å²) in [5.74, 6) is -0.323. The molecule has 0 saturated carbocycles. The third-order valence-electron chi connectivity index (χ3n) is 9.13. The molecule has 1 aliphatic rings. The molecule has 254 valence electrons. The van der Waals surface area contributed by atoms with Gasteiger partial charge in [0.2, 0.25) is 0 Å². The van der Waals surface area contributed by atoms with Crippen molar-refractivity contribution in [3.63, 3.8) is 0 Å². The number of hydrogen-bond acceptors (Lipinski definition) is 5. The van der Waals surface area contributed by atoms with Crippen LogP contribution in [0.5, 0.6) is 5.75 Å². The van der Waals surface area contributed by atoms with Crippen LogP contribution in [0.4, 0.5) is 18.9 Å². The maximum atomic E-state index is 13.9. The molecule has 1 fully saturated rings. The zero-order valence-corrected chi connectivity index (χ0v) is 27.9. The molecule has 1 saturated heterocycles. The maximum absolute atomic E-state index is 13.9. The molecule has 0 radical (unpaired) electrons. The number of hydrogen-bond donors (Lipinski definition) is 1. The number of aliphatic carboxylic acids is 1. The number of halogens is 4. The van der Waals surface area contributed by atoms with Crippen LogP contribution in [0.2, 0.25) is 5.02 Å². The van der Waals surface area contributed by atoms with Gasteiger partial charge in [0.25, 0.3) is 0 Å². The van der Waals surface area contributed by atoms with E-state index in [1.807, 2.05) is 79.4 Å². The Hall–Kier alpha value is -4.05. The Balaban J connectivity index is 1.49. The molecule has 0 spiro atoms. The molecular formula is C38H41ClF3N3O3. The first-order valence-corrected chi connectivity index (χ1v) is 16.5. The van der Waals surface area contributed by atoms with Crippen molar-refractivity contribution < 1.29 is 27.8 Å². The van der Waals surface area contributed by atoms with Gasteiger partial charge in [-0.05, 0) is 48.2 Å². The standard InChI is InChI=1S/C38H41ClF3N3O3/c1-3-37(2,48-32-18-11-17-31(24-32)44-22-20-43(21-23-44)27-35(46)47)45(25-30-16-10-19-34(36(30)39)38(40,41)42)26-33(28-12-6-4-7-13-28)29-14-8-5-9-15-29/h4-19,24,33H,3,20-23,25-27H2,1-2H3,(H,46,47)/t37-/m1/s1. The third-order valence-corrected chi connectivity index (χ3v) is 9.58. The average molecular weight is 680 g/mol. The Morgan fingerprint density at radius 2 is 1.50 bits per heavy atom.